The summed E-state index contributed by atoms with van der Waals surface area (Å²) >= 11 is 0. The first kappa shape index (κ1) is 23.0. The topological polar surface area (TPSA) is 118 Å². The molecule has 0 fully saturated rings. The SMILES string of the molecule is CCN(CC)C(C(N)=O)n1c(C=C2C(=O)Nc3cc(-c4ccccc4)ccc32)ccc1C(=O)O. The van der Waals surface area contributed by atoms with Crippen molar-refractivity contribution in [1.82, 2.24) is 9.47 Å². The smallest absolute Gasteiger partial charge is 0.352 e. The first-order valence-electron chi connectivity index (χ1n) is 11.1. The number of rotatable bonds is 8. The second-order valence-electron chi connectivity index (χ2n) is 7.95. The van der Waals surface area contributed by atoms with E-state index in [4.69, 9.17) is 5.73 Å². The van der Waals surface area contributed by atoms with Crippen molar-refractivity contribution in [1.29, 1.82) is 0 Å². The minimum Gasteiger partial charge on any atom is -0.477 e. The van der Waals surface area contributed by atoms with Crippen molar-refractivity contribution < 1.29 is 19.5 Å². The summed E-state index contributed by atoms with van der Waals surface area (Å²) in [6.45, 7) is 4.71. The van der Waals surface area contributed by atoms with E-state index < -0.39 is 18.0 Å². The molecule has 2 amide bonds. The second kappa shape index (κ2) is 9.36. The van der Waals surface area contributed by atoms with Crippen LogP contribution in [-0.2, 0) is 9.59 Å². The number of nitrogens with one attached hydrogen (secondary N) is 1. The lowest BCUT2D eigenvalue weighted by Gasteiger charge is -2.30. The van der Waals surface area contributed by atoms with E-state index in [1.54, 1.807) is 17.0 Å². The fourth-order valence-corrected chi connectivity index (χ4v) is 4.36. The molecule has 1 unspecified atom stereocenters. The van der Waals surface area contributed by atoms with Gasteiger partial charge in [-0.25, -0.2) is 4.79 Å². The largest absolute Gasteiger partial charge is 0.477 e. The van der Waals surface area contributed by atoms with Gasteiger partial charge in [-0.1, -0.05) is 56.3 Å². The Morgan fingerprint density at radius 3 is 2.38 bits per heavy atom. The van der Waals surface area contributed by atoms with Crippen molar-refractivity contribution in [3.63, 3.8) is 0 Å². The van der Waals surface area contributed by atoms with Gasteiger partial charge in [0.05, 0.1) is 5.57 Å². The Labute approximate surface area is 197 Å². The number of nitrogens with two attached hydrogens (primary N) is 1. The molecule has 0 saturated carbocycles. The minimum atomic E-state index is -1.19. The third kappa shape index (κ3) is 4.11. The third-order valence-electron chi connectivity index (χ3n) is 6.03. The molecular weight excluding hydrogens is 432 g/mol. The normalized spacial score (nSPS) is 14.8. The van der Waals surface area contributed by atoms with Gasteiger partial charge >= 0.3 is 5.97 Å². The number of aromatic nitrogens is 1. The molecule has 8 nitrogen and oxygen atoms in total. The van der Waals surface area contributed by atoms with Gasteiger partial charge in [-0.2, -0.15) is 0 Å². The molecule has 8 heteroatoms. The Balaban J connectivity index is 1.82. The van der Waals surface area contributed by atoms with Gasteiger partial charge in [-0.05, 0) is 48.5 Å². The van der Waals surface area contributed by atoms with Crippen molar-refractivity contribution in [2.24, 2.45) is 5.73 Å². The fraction of sp³-hybridized carbons (Fsp3) is 0.192. The van der Waals surface area contributed by atoms with Crippen LogP contribution in [0.3, 0.4) is 0 Å². The predicted octanol–water partition coefficient (Wildman–Crippen LogP) is 3.67. The molecule has 0 aliphatic carbocycles. The first-order chi connectivity index (χ1) is 16.3. The van der Waals surface area contributed by atoms with E-state index in [-0.39, 0.29) is 11.6 Å². The molecule has 0 bridgehead atoms. The van der Waals surface area contributed by atoms with Gasteiger partial charge in [0.15, 0.2) is 6.17 Å². The van der Waals surface area contributed by atoms with Crippen LogP contribution < -0.4 is 11.1 Å². The standard InChI is InChI=1S/C26H26N4O4/c1-3-29(4-2)25(23(27)31)30-18(11-13-22(30)26(33)34)15-20-19-12-10-17(14-21(19)28-24(20)32)16-8-6-5-7-9-16/h5-15,25H,3-4H2,1-2H3,(H2,27,31)(H,28,32)(H,33,34). The minimum absolute atomic E-state index is 0.0828. The summed E-state index contributed by atoms with van der Waals surface area (Å²) in [5.41, 5.74) is 9.77. The molecule has 1 aliphatic heterocycles. The number of carbonyl (C=O) groups is 3. The van der Waals surface area contributed by atoms with Crippen LogP contribution >= 0.6 is 0 Å². The molecule has 4 rings (SSSR count). The second-order valence-corrected chi connectivity index (χ2v) is 7.95. The highest BCUT2D eigenvalue weighted by Gasteiger charge is 2.31. The van der Waals surface area contributed by atoms with Gasteiger partial charge in [0.1, 0.15) is 5.69 Å². The summed E-state index contributed by atoms with van der Waals surface area (Å²) in [5, 5.41) is 12.6. The number of nitrogens with zero attached hydrogens (tertiary/aromatic N) is 2. The highest BCUT2D eigenvalue weighted by Crippen LogP contribution is 2.37. The number of anilines is 1. The van der Waals surface area contributed by atoms with Crippen molar-refractivity contribution in [3.8, 4) is 11.1 Å². The highest BCUT2D eigenvalue weighted by molar-refractivity contribution is 6.35. The number of benzene rings is 2. The van der Waals surface area contributed by atoms with Crippen LogP contribution in [0.1, 0.15) is 41.8 Å². The lowest BCUT2D eigenvalue weighted by atomic mass is 10.00. The molecule has 174 valence electrons. The molecule has 2 heterocycles. The summed E-state index contributed by atoms with van der Waals surface area (Å²) in [6.07, 6.45) is 0.599. The number of likely N-dealkylation sites (N-methyl/N-ethyl adjacent to an activating group) is 1. The molecule has 2 aromatic carbocycles. The van der Waals surface area contributed by atoms with Crippen molar-refractivity contribution in [2.75, 3.05) is 18.4 Å². The Bertz CT molecular complexity index is 1290. The van der Waals surface area contributed by atoms with E-state index in [2.05, 4.69) is 5.32 Å². The highest BCUT2D eigenvalue weighted by atomic mass is 16.4. The molecule has 0 radical (unpaired) electrons. The van der Waals surface area contributed by atoms with Crippen LogP contribution in [0.15, 0.2) is 60.7 Å². The van der Waals surface area contributed by atoms with Crippen LogP contribution in [0.4, 0.5) is 5.69 Å². The summed E-state index contributed by atoms with van der Waals surface area (Å²) in [5.74, 6) is -2.17. The maximum absolute atomic E-state index is 12.9. The van der Waals surface area contributed by atoms with Crippen LogP contribution in [0, 0.1) is 0 Å². The first-order valence-corrected chi connectivity index (χ1v) is 11.1. The van der Waals surface area contributed by atoms with E-state index in [1.165, 1.54) is 10.6 Å². The van der Waals surface area contributed by atoms with Crippen LogP contribution in [-0.4, -0.2) is 45.4 Å². The maximum Gasteiger partial charge on any atom is 0.352 e. The van der Waals surface area contributed by atoms with E-state index >= 15 is 0 Å². The zero-order valence-corrected chi connectivity index (χ0v) is 19.0. The van der Waals surface area contributed by atoms with Crippen LogP contribution in [0.2, 0.25) is 0 Å². The van der Waals surface area contributed by atoms with Crippen LogP contribution in [0.5, 0.6) is 0 Å². The molecule has 1 aliphatic rings. The summed E-state index contributed by atoms with van der Waals surface area (Å²) in [4.78, 5) is 39.0. The molecule has 1 atom stereocenters. The Kier molecular flexibility index (Phi) is 6.34. The number of hydrogen-bond donors (Lipinski definition) is 3. The molecule has 4 N–H and O–H groups in total. The van der Waals surface area contributed by atoms with E-state index in [1.807, 2.05) is 62.4 Å². The number of carboxylic acids is 1. The predicted molar refractivity (Wildman–Crippen MR) is 131 cm³/mol. The molecule has 0 spiro atoms. The van der Waals surface area contributed by atoms with Gasteiger partial charge in [-0.3, -0.25) is 14.5 Å². The molecule has 1 aromatic heterocycles. The number of aromatic carboxylic acids is 1. The van der Waals surface area contributed by atoms with Gasteiger partial charge in [0.2, 0.25) is 0 Å². The number of fused-ring (bicyclic) bond motifs is 1. The van der Waals surface area contributed by atoms with Crippen molar-refractivity contribution in [3.05, 3.63) is 77.6 Å². The summed E-state index contributed by atoms with van der Waals surface area (Å²) in [6, 6.07) is 18.5. The monoisotopic (exact) mass is 458 g/mol. The number of primary amides is 1. The average molecular weight is 459 g/mol. The quantitative estimate of drug-likeness (QED) is 0.445. The number of carbonyl (C=O) groups excluding carboxylic acids is 2. The maximum atomic E-state index is 12.9. The molecular formula is C26H26N4O4. The van der Waals surface area contributed by atoms with E-state index in [9.17, 15) is 19.5 Å². The molecule has 0 saturated heterocycles. The lowest BCUT2D eigenvalue weighted by molar-refractivity contribution is -0.126. The average Bonchev–Trinajstić information content (AvgIpc) is 3.38. The number of hydrogen-bond acceptors (Lipinski definition) is 4. The van der Waals surface area contributed by atoms with Gasteiger partial charge < -0.3 is 20.7 Å². The Morgan fingerprint density at radius 1 is 1.06 bits per heavy atom. The Hall–Kier alpha value is -4.17. The third-order valence-corrected chi connectivity index (χ3v) is 6.03. The fourth-order valence-electron chi connectivity index (χ4n) is 4.36. The van der Waals surface area contributed by atoms with Crippen LogP contribution in [0.25, 0.3) is 22.8 Å². The summed E-state index contributed by atoms with van der Waals surface area (Å²) in [7, 11) is 0. The number of amides is 2. The van der Waals surface area contributed by atoms with Gasteiger partial charge in [0.25, 0.3) is 11.8 Å². The molecule has 34 heavy (non-hydrogen) atoms. The van der Waals surface area contributed by atoms with Gasteiger partial charge in [-0.15, -0.1) is 0 Å². The Morgan fingerprint density at radius 2 is 1.76 bits per heavy atom. The van der Waals surface area contributed by atoms with Crippen molar-refractivity contribution in [2.45, 2.75) is 20.0 Å². The summed E-state index contributed by atoms with van der Waals surface area (Å²) < 4.78 is 1.38. The lowest BCUT2D eigenvalue weighted by Crippen LogP contribution is -2.42. The number of carboxylic acid groups (broad SMARTS) is 1. The van der Waals surface area contributed by atoms with E-state index in [0.29, 0.717) is 35.6 Å². The van der Waals surface area contributed by atoms with E-state index in [0.717, 1.165) is 11.1 Å². The van der Waals surface area contributed by atoms with Crippen molar-refractivity contribution >= 4 is 35.1 Å². The van der Waals surface area contributed by atoms with Gasteiger partial charge in [0, 0.05) is 16.9 Å². The zero-order valence-electron chi connectivity index (χ0n) is 19.0. The zero-order chi connectivity index (χ0) is 24.4. The molecule has 3 aromatic rings.